The Hall–Kier alpha value is -0.870. The normalized spacial score (nSPS) is 36.7. The van der Waals surface area contributed by atoms with E-state index in [1.807, 2.05) is 0 Å². The summed E-state index contributed by atoms with van der Waals surface area (Å²) in [5, 5.41) is 3.42. The summed E-state index contributed by atoms with van der Waals surface area (Å²) < 4.78 is 10.8. The van der Waals surface area contributed by atoms with Crippen molar-refractivity contribution in [3.63, 3.8) is 0 Å². The molecular formula is C19H31NO3. The van der Waals surface area contributed by atoms with Crippen molar-refractivity contribution in [3.8, 4) is 0 Å². The van der Waals surface area contributed by atoms with Gasteiger partial charge in [0, 0.05) is 26.2 Å². The minimum absolute atomic E-state index is 0.0136. The first-order chi connectivity index (χ1) is 11.0. The zero-order valence-corrected chi connectivity index (χ0v) is 14.8. The van der Waals surface area contributed by atoms with Crippen molar-refractivity contribution in [1.82, 2.24) is 5.32 Å². The third-order valence-corrected chi connectivity index (χ3v) is 6.25. The molecule has 0 aromatic rings. The quantitative estimate of drug-likeness (QED) is 0.464. The van der Waals surface area contributed by atoms with Crippen LogP contribution in [0.25, 0.3) is 0 Å². The molecule has 23 heavy (non-hydrogen) atoms. The maximum absolute atomic E-state index is 12.3. The fourth-order valence-electron chi connectivity index (χ4n) is 4.94. The van der Waals surface area contributed by atoms with Crippen LogP contribution in [-0.4, -0.2) is 38.9 Å². The van der Waals surface area contributed by atoms with Gasteiger partial charge in [-0.05, 0) is 57.4 Å². The van der Waals surface area contributed by atoms with Crippen LogP contribution in [0, 0.1) is 17.3 Å². The van der Waals surface area contributed by atoms with Crippen molar-refractivity contribution in [3.05, 3.63) is 11.1 Å². The molecule has 1 saturated carbocycles. The molecule has 4 nitrogen and oxygen atoms in total. The van der Waals surface area contributed by atoms with Crippen LogP contribution in [0.2, 0.25) is 0 Å². The first-order valence-corrected chi connectivity index (χ1v) is 9.14. The Labute approximate surface area is 140 Å². The molecule has 2 fully saturated rings. The van der Waals surface area contributed by atoms with Gasteiger partial charge in [-0.2, -0.15) is 0 Å². The van der Waals surface area contributed by atoms with Crippen LogP contribution in [0.15, 0.2) is 11.1 Å². The summed E-state index contributed by atoms with van der Waals surface area (Å²) in [5.41, 5.74) is 3.47. The second-order valence-corrected chi connectivity index (χ2v) is 7.88. The van der Waals surface area contributed by atoms with Gasteiger partial charge in [-0.1, -0.05) is 18.1 Å². The van der Waals surface area contributed by atoms with Crippen LogP contribution in [0.5, 0.6) is 0 Å². The minimum atomic E-state index is 0.0136. The predicted molar refractivity (Wildman–Crippen MR) is 90.1 cm³/mol. The molecule has 1 aliphatic heterocycles. The zero-order chi connectivity index (χ0) is 16.4. The largest absolute Gasteiger partial charge is 0.462 e. The van der Waals surface area contributed by atoms with Crippen molar-refractivity contribution >= 4 is 5.97 Å². The van der Waals surface area contributed by atoms with Gasteiger partial charge in [0.15, 0.2) is 0 Å². The number of esters is 1. The molecule has 0 aromatic heterocycles. The maximum atomic E-state index is 12.3. The average molecular weight is 321 g/mol. The van der Waals surface area contributed by atoms with Crippen molar-refractivity contribution < 1.29 is 14.3 Å². The lowest BCUT2D eigenvalue weighted by molar-refractivity contribution is -0.145. The Morgan fingerprint density at radius 3 is 3.04 bits per heavy atom. The fraction of sp³-hybridized carbons (Fsp3) is 0.842. The number of ether oxygens (including phenoxy) is 2. The summed E-state index contributed by atoms with van der Waals surface area (Å²) in [4.78, 5) is 12.3. The van der Waals surface area contributed by atoms with E-state index in [9.17, 15) is 4.79 Å². The van der Waals surface area contributed by atoms with Crippen molar-refractivity contribution in [2.24, 2.45) is 17.3 Å². The zero-order valence-electron chi connectivity index (χ0n) is 14.8. The predicted octanol–water partition coefficient (Wildman–Crippen LogP) is 3.07. The molecule has 1 saturated heterocycles. The molecule has 2 aliphatic carbocycles. The number of carbonyl (C=O) groups excluding carboxylic acids is 1. The van der Waals surface area contributed by atoms with Crippen LogP contribution in [-0.2, 0) is 14.3 Å². The molecule has 0 radical (unpaired) electrons. The van der Waals surface area contributed by atoms with Crippen LogP contribution in [0.4, 0.5) is 0 Å². The first-order valence-electron chi connectivity index (χ1n) is 9.14. The van der Waals surface area contributed by atoms with E-state index < -0.39 is 0 Å². The van der Waals surface area contributed by atoms with Crippen molar-refractivity contribution in [2.45, 2.75) is 58.5 Å². The SMILES string of the molecule is COCCCNCC1C(=O)O[C@@H]2C[C@@]3(C)CCCC(C)=C3C[C@H]12. The van der Waals surface area contributed by atoms with Crippen molar-refractivity contribution in [2.75, 3.05) is 26.8 Å². The Morgan fingerprint density at radius 1 is 1.43 bits per heavy atom. The monoisotopic (exact) mass is 321 g/mol. The van der Waals surface area contributed by atoms with Crippen LogP contribution < -0.4 is 5.32 Å². The smallest absolute Gasteiger partial charge is 0.310 e. The lowest BCUT2D eigenvalue weighted by atomic mass is 9.59. The van der Waals surface area contributed by atoms with Gasteiger partial charge in [0.05, 0.1) is 5.92 Å². The second-order valence-electron chi connectivity index (χ2n) is 7.88. The Bertz CT molecular complexity index is 487. The number of hydrogen-bond donors (Lipinski definition) is 1. The number of carbonyl (C=O) groups is 1. The van der Waals surface area contributed by atoms with Gasteiger partial charge >= 0.3 is 5.97 Å². The van der Waals surface area contributed by atoms with E-state index in [1.165, 1.54) is 19.3 Å². The number of nitrogens with one attached hydrogen (secondary N) is 1. The molecule has 3 rings (SSSR count). The highest BCUT2D eigenvalue weighted by Gasteiger charge is 2.52. The van der Waals surface area contributed by atoms with Gasteiger partial charge in [-0.25, -0.2) is 0 Å². The molecule has 0 aromatic carbocycles. The number of fused-ring (bicyclic) bond motifs is 2. The molecule has 0 spiro atoms. The van der Waals surface area contributed by atoms with Crippen LogP contribution in [0.1, 0.15) is 52.4 Å². The highest BCUT2D eigenvalue weighted by molar-refractivity contribution is 5.76. The van der Waals surface area contributed by atoms with E-state index in [0.717, 1.165) is 39.0 Å². The number of hydrogen-bond acceptors (Lipinski definition) is 4. The van der Waals surface area contributed by atoms with Gasteiger partial charge in [0.2, 0.25) is 0 Å². The van der Waals surface area contributed by atoms with Gasteiger partial charge in [-0.15, -0.1) is 0 Å². The number of allylic oxidation sites excluding steroid dienone is 2. The molecule has 1 N–H and O–H groups in total. The lowest BCUT2D eigenvalue weighted by Gasteiger charge is -2.45. The van der Waals surface area contributed by atoms with E-state index >= 15 is 0 Å². The molecule has 1 heterocycles. The highest BCUT2D eigenvalue weighted by atomic mass is 16.6. The van der Waals surface area contributed by atoms with E-state index in [1.54, 1.807) is 18.3 Å². The number of methoxy groups -OCH3 is 1. The highest BCUT2D eigenvalue weighted by Crippen LogP contribution is 2.54. The van der Waals surface area contributed by atoms with Crippen LogP contribution in [0.3, 0.4) is 0 Å². The van der Waals surface area contributed by atoms with E-state index in [2.05, 4.69) is 19.2 Å². The molecule has 1 unspecified atom stereocenters. The molecule has 0 bridgehead atoms. The van der Waals surface area contributed by atoms with E-state index in [-0.39, 0.29) is 23.4 Å². The third-order valence-electron chi connectivity index (χ3n) is 6.25. The summed E-state index contributed by atoms with van der Waals surface area (Å²) in [6.45, 7) is 7.08. The molecule has 4 atom stereocenters. The van der Waals surface area contributed by atoms with Gasteiger partial charge in [-0.3, -0.25) is 4.79 Å². The first kappa shape index (κ1) is 17.0. The summed E-state index contributed by atoms with van der Waals surface area (Å²) in [7, 11) is 1.72. The summed E-state index contributed by atoms with van der Waals surface area (Å²) in [6, 6.07) is 0. The average Bonchev–Trinajstić information content (AvgIpc) is 2.79. The minimum Gasteiger partial charge on any atom is -0.462 e. The second kappa shape index (κ2) is 6.94. The topological polar surface area (TPSA) is 47.6 Å². The molecule has 0 amide bonds. The third kappa shape index (κ3) is 3.34. The molecule has 3 aliphatic rings. The summed E-state index contributed by atoms with van der Waals surface area (Å²) in [5.74, 6) is 0.405. The number of rotatable bonds is 6. The Morgan fingerprint density at radius 2 is 2.26 bits per heavy atom. The summed E-state index contributed by atoms with van der Waals surface area (Å²) >= 11 is 0. The van der Waals surface area contributed by atoms with Gasteiger partial charge in [0.1, 0.15) is 6.10 Å². The standard InChI is InChI=1S/C19H31NO3/c1-13-6-4-7-19(2)11-17-14(10-16(13)19)15(18(21)23-17)12-20-8-5-9-22-3/h14-15,17,20H,4-12H2,1-3H3/t14-,15?,17-,19-/m1/s1. The lowest BCUT2D eigenvalue weighted by Crippen LogP contribution is -2.40. The van der Waals surface area contributed by atoms with Gasteiger partial charge in [0.25, 0.3) is 0 Å². The fourth-order valence-corrected chi connectivity index (χ4v) is 4.94. The molecule has 130 valence electrons. The Balaban J connectivity index is 1.65. The van der Waals surface area contributed by atoms with Gasteiger partial charge < -0.3 is 14.8 Å². The van der Waals surface area contributed by atoms with E-state index in [4.69, 9.17) is 9.47 Å². The summed E-state index contributed by atoms with van der Waals surface area (Å²) in [6.07, 6.45) is 6.96. The molecular weight excluding hydrogens is 290 g/mol. The molecule has 4 heteroatoms. The Kier molecular flexibility index (Phi) is 5.12. The van der Waals surface area contributed by atoms with E-state index in [0.29, 0.717) is 5.92 Å². The van der Waals surface area contributed by atoms with Crippen molar-refractivity contribution in [1.29, 1.82) is 0 Å². The van der Waals surface area contributed by atoms with Crippen LogP contribution >= 0.6 is 0 Å². The maximum Gasteiger partial charge on any atom is 0.310 e.